The first-order valence-corrected chi connectivity index (χ1v) is 16.5. The third-order valence-electron chi connectivity index (χ3n) is 7.73. The Hall–Kier alpha value is -3.27. The number of methoxy groups -OCH3 is 1. The number of aryl methyl sites for hydroxylation is 1. The van der Waals surface area contributed by atoms with E-state index in [9.17, 15) is 18.0 Å². The van der Waals surface area contributed by atoms with Gasteiger partial charge in [-0.3, -0.25) is 13.9 Å². The lowest BCUT2D eigenvalue weighted by Gasteiger charge is -2.34. The summed E-state index contributed by atoms with van der Waals surface area (Å²) in [6.07, 6.45) is 4.15. The van der Waals surface area contributed by atoms with E-state index in [-0.39, 0.29) is 23.4 Å². The molecule has 8 nitrogen and oxygen atoms in total. The SMILES string of the molecule is CC[C@@H](C(=O)NC1CCCC1)N(Cc1c(Cl)cccc1Cl)C(=O)CN(c1ccc(C)cc1)S(=O)(=O)c1ccc(OC)cc1. The maximum Gasteiger partial charge on any atom is 0.264 e. The fourth-order valence-electron chi connectivity index (χ4n) is 5.26. The van der Waals surface area contributed by atoms with Gasteiger partial charge in [-0.2, -0.15) is 0 Å². The van der Waals surface area contributed by atoms with E-state index in [1.165, 1.54) is 24.1 Å². The topological polar surface area (TPSA) is 96.0 Å². The number of anilines is 1. The lowest BCUT2D eigenvalue weighted by molar-refractivity contribution is -0.140. The summed E-state index contributed by atoms with van der Waals surface area (Å²) in [5.41, 5.74) is 1.72. The predicted molar refractivity (Wildman–Crippen MR) is 170 cm³/mol. The second-order valence-electron chi connectivity index (χ2n) is 10.7. The van der Waals surface area contributed by atoms with Crippen LogP contribution in [0.3, 0.4) is 0 Å². The molecule has 1 aliphatic carbocycles. The molecule has 230 valence electrons. The molecular formula is C32H37Cl2N3O5S. The summed E-state index contributed by atoms with van der Waals surface area (Å²) in [5, 5.41) is 3.79. The fourth-order valence-corrected chi connectivity index (χ4v) is 7.19. The minimum Gasteiger partial charge on any atom is -0.497 e. The van der Waals surface area contributed by atoms with Gasteiger partial charge in [0.15, 0.2) is 0 Å². The summed E-state index contributed by atoms with van der Waals surface area (Å²) in [7, 11) is -2.71. The van der Waals surface area contributed by atoms with Gasteiger partial charge in [0.25, 0.3) is 10.0 Å². The molecule has 43 heavy (non-hydrogen) atoms. The van der Waals surface area contributed by atoms with Crippen molar-refractivity contribution in [3.8, 4) is 5.75 Å². The molecule has 1 N–H and O–H groups in total. The van der Waals surface area contributed by atoms with Gasteiger partial charge in [-0.25, -0.2) is 8.42 Å². The number of benzene rings is 3. The number of rotatable bonds is 12. The van der Waals surface area contributed by atoms with Crippen molar-refractivity contribution >= 4 is 50.7 Å². The fraction of sp³-hybridized carbons (Fsp3) is 0.375. The summed E-state index contributed by atoms with van der Waals surface area (Å²) in [4.78, 5) is 29.3. The number of halogens is 2. The molecule has 1 fully saturated rings. The average molecular weight is 647 g/mol. The van der Waals surface area contributed by atoms with Crippen LogP contribution in [0.4, 0.5) is 5.69 Å². The quantitative estimate of drug-likeness (QED) is 0.247. The van der Waals surface area contributed by atoms with E-state index in [1.807, 2.05) is 13.8 Å². The summed E-state index contributed by atoms with van der Waals surface area (Å²) in [5.74, 6) is -0.355. The van der Waals surface area contributed by atoms with Gasteiger partial charge in [0.05, 0.1) is 17.7 Å². The number of nitrogens with one attached hydrogen (secondary N) is 1. The van der Waals surface area contributed by atoms with Crippen molar-refractivity contribution in [2.45, 2.75) is 69.5 Å². The molecule has 0 heterocycles. The highest BCUT2D eigenvalue weighted by Gasteiger charge is 2.35. The smallest absolute Gasteiger partial charge is 0.264 e. The summed E-state index contributed by atoms with van der Waals surface area (Å²) in [6.45, 7) is 3.09. The van der Waals surface area contributed by atoms with Crippen molar-refractivity contribution in [1.82, 2.24) is 10.2 Å². The van der Waals surface area contributed by atoms with E-state index in [0.717, 1.165) is 35.6 Å². The Morgan fingerprint density at radius 2 is 1.58 bits per heavy atom. The van der Waals surface area contributed by atoms with Crippen LogP contribution in [0.2, 0.25) is 10.0 Å². The zero-order valence-corrected chi connectivity index (χ0v) is 26.9. The Morgan fingerprint density at radius 3 is 2.14 bits per heavy atom. The number of hydrogen-bond donors (Lipinski definition) is 1. The molecule has 11 heteroatoms. The summed E-state index contributed by atoms with van der Waals surface area (Å²) in [6, 6.07) is 17.0. The molecule has 3 aromatic rings. The van der Waals surface area contributed by atoms with Gasteiger partial charge in [-0.1, -0.05) is 66.7 Å². The van der Waals surface area contributed by atoms with Gasteiger partial charge in [0, 0.05) is 28.2 Å². The molecule has 1 saturated carbocycles. The van der Waals surface area contributed by atoms with Crippen LogP contribution in [0, 0.1) is 6.92 Å². The van der Waals surface area contributed by atoms with Crippen molar-refractivity contribution in [2.24, 2.45) is 0 Å². The number of amides is 2. The zero-order valence-electron chi connectivity index (χ0n) is 24.6. The van der Waals surface area contributed by atoms with E-state index >= 15 is 0 Å². The average Bonchev–Trinajstić information content (AvgIpc) is 3.50. The normalized spacial score (nSPS) is 14.3. The largest absolute Gasteiger partial charge is 0.497 e. The first kappa shape index (κ1) is 32.6. The number of carbonyl (C=O) groups is 2. The minimum absolute atomic E-state index is 0.00612. The molecule has 0 bridgehead atoms. The van der Waals surface area contributed by atoms with Crippen LogP contribution >= 0.6 is 23.2 Å². The maximum absolute atomic E-state index is 14.3. The standard InChI is InChI=1S/C32H37Cl2N3O5S/c1-4-30(32(39)35-23-8-5-6-9-23)36(20-27-28(33)10-7-11-29(27)34)31(38)21-37(24-14-12-22(2)13-15-24)43(40,41)26-18-16-25(42-3)17-19-26/h7,10-19,23,30H,4-6,8-9,20-21H2,1-3H3,(H,35,39)/t30-/m0/s1. The number of sulfonamides is 1. The molecule has 1 aliphatic rings. The second kappa shape index (κ2) is 14.5. The van der Waals surface area contributed by atoms with Crippen LogP contribution in [0.1, 0.15) is 50.2 Å². The van der Waals surface area contributed by atoms with Gasteiger partial charge in [-0.05, 0) is 74.7 Å². The van der Waals surface area contributed by atoms with E-state index in [0.29, 0.717) is 33.5 Å². The first-order valence-electron chi connectivity index (χ1n) is 14.3. The Morgan fingerprint density at radius 1 is 0.977 bits per heavy atom. The molecule has 1 atom stereocenters. The Bertz CT molecular complexity index is 1510. The van der Waals surface area contributed by atoms with Crippen LogP contribution in [-0.2, 0) is 26.2 Å². The highest BCUT2D eigenvalue weighted by Crippen LogP contribution is 2.29. The van der Waals surface area contributed by atoms with E-state index in [1.54, 1.807) is 54.6 Å². The highest BCUT2D eigenvalue weighted by atomic mass is 35.5. The van der Waals surface area contributed by atoms with Crippen LogP contribution in [0.5, 0.6) is 5.75 Å². The third kappa shape index (κ3) is 7.82. The van der Waals surface area contributed by atoms with Gasteiger partial charge < -0.3 is 15.0 Å². The van der Waals surface area contributed by atoms with Gasteiger partial charge in [0.1, 0.15) is 18.3 Å². The molecule has 0 saturated heterocycles. The first-order chi connectivity index (χ1) is 20.5. The Balaban J connectivity index is 1.74. The van der Waals surface area contributed by atoms with E-state index in [2.05, 4.69) is 5.32 Å². The van der Waals surface area contributed by atoms with Crippen LogP contribution in [0.25, 0.3) is 0 Å². The molecular weight excluding hydrogens is 609 g/mol. The van der Waals surface area contributed by atoms with Gasteiger partial charge >= 0.3 is 0 Å². The van der Waals surface area contributed by atoms with Crippen LogP contribution < -0.4 is 14.4 Å². The number of carbonyl (C=O) groups excluding carboxylic acids is 2. The number of nitrogens with zero attached hydrogens (tertiary/aromatic N) is 2. The minimum atomic E-state index is -4.20. The highest BCUT2D eigenvalue weighted by molar-refractivity contribution is 7.92. The van der Waals surface area contributed by atoms with Crippen molar-refractivity contribution in [2.75, 3.05) is 18.0 Å². The van der Waals surface area contributed by atoms with Gasteiger partial charge in [-0.15, -0.1) is 0 Å². The predicted octanol–water partition coefficient (Wildman–Crippen LogP) is 6.37. The van der Waals surface area contributed by atoms with Crippen LogP contribution in [0.15, 0.2) is 71.6 Å². The maximum atomic E-state index is 14.3. The van der Waals surface area contributed by atoms with Crippen molar-refractivity contribution in [3.05, 3.63) is 87.9 Å². The molecule has 0 aromatic heterocycles. The van der Waals surface area contributed by atoms with Crippen LogP contribution in [-0.4, -0.2) is 50.9 Å². The van der Waals surface area contributed by atoms with Crippen molar-refractivity contribution < 1.29 is 22.7 Å². The number of hydrogen-bond acceptors (Lipinski definition) is 5. The molecule has 4 rings (SSSR count). The van der Waals surface area contributed by atoms with E-state index < -0.39 is 28.5 Å². The lowest BCUT2D eigenvalue weighted by atomic mass is 10.1. The molecule has 0 spiro atoms. The molecule has 3 aromatic carbocycles. The second-order valence-corrected chi connectivity index (χ2v) is 13.3. The summed E-state index contributed by atoms with van der Waals surface area (Å²) >= 11 is 13.0. The molecule has 0 radical (unpaired) electrons. The summed E-state index contributed by atoms with van der Waals surface area (Å²) < 4.78 is 34.3. The van der Waals surface area contributed by atoms with Crippen molar-refractivity contribution in [3.63, 3.8) is 0 Å². The Labute approximate surface area is 264 Å². The van der Waals surface area contributed by atoms with Gasteiger partial charge in [0.2, 0.25) is 11.8 Å². The number of ether oxygens (including phenoxy) is 1. The Kier molecular flexibility index (Phi) is 11.0. The zero-order chi connectivity index (χ0) is 31.1. The molecule has 0 aliphatic heterocycles. The third-order valence-corrected chi connectivity index (χ3v) is 10.2. The molecule has 2 amide bonds. The van der Waals surface area contributed by atoms with Crippen molar-refractivity contribution in [1.29, 1.82) is 0 Å². The lowest BCUT2D eigenvalue weighted by Crippen LogP contribution is -2.53. The molecule has 0 unspecified atom stereocenters. The monoisotopic (exact) mass is 645 g/mol. The van der Waals surface area contributed by atoms with E-state index in [4.69, 9.17) is 27.9 Å².